The smallest absolute Gasteiger partial charge is 0.161 e. The molecule has 2 aromatic rings. The van der Waals surface area contributed by atoms with Crippen LogP contribution >= 0.6 is 12.4 Å². The standard InChI is InChI=1S/C24H33NO5.ClH/c1-26-21-8-7-17(14-22(21)27-2)9-11-25-12-10-20-19-16-24(29-4)23(28-3)15-18(19)6-5-13-30-20;/h7-8,14-16,20,25H,5-6,9-13H2,1-4H3;1H. The molecule has 0 fully saturated rings. The highest BCUT2D eigenvalue weighted by atomic mass is 35.5. The third kappa shape index (κ3) is 6.42. The first-order valence-corrected chi connectivity index (χ1v) is 10.5. The van der Waals surface area contributed by atoms with Crippen LogP contribution < -0.4 is 24.3 Å². The van der Waals surface area contributed by atoms with Gasteiger partial charge in [-0.15, -0.1) is 12.4 Å². The van der Waals surface area contributed by atoms with Crippen LogP contribution in [0.3, 0.4) is 0 Å². The molecule has 3 rings (SSSR count). The Bertz CT molecular complexity index is 830. The molecule has 172 valence electrons. The average Bonchev–Trinajstić information content (AvgIpc) is 2.99. The molecular weight excluding hydrogens is 418 g/mol. The van der Waals surface area contributed by atoms with E-state index in [2.05, 4.69) is 23.5 Å². The molecule has 1 heterocycles. The summed E-state index contributed by atoms with van der Waals surface area (Å²) in [5, 5.41) is 3.54. The first-order chi connectivity index (χ1) is 14.7. The van der Waals surface area contributed by atoms with Gasteiger partial charge in [0.05, 0.1) is 34.5 Å². The van der Waals surface area contributed by atoms with Crippen molar-refractivity contribution in [2.24, 2.45) is 0 Å². The second kappa shape index (κ2) is 12.6. The molecule has 0 bridgehead atoms. The summed E-state index contributed by atoms with van der Waals surface area (Å²) < 4.78 is 27.8. The van der Waals surface area contributed by atoms with Crippen molar-refractivity contribution >= 4 is 12.4 Å². The van der Waals surface area contributed by atoms with Gasteiger partial charge in [-0.05, 0) is 79.7 Å². The Morgan fingerprint density at radius 2 is 1.55 bits per heavy atom. The Balaban J connectivity index is 0.00000341. The van der Waals surface area contributed by atoms with E-state index < -0.39 is 0 Å². The van der Waals surface area contributed by atoms with Crippen molar-refractivity contribution in [1.29, 1.82) is 0 Å². The van der Waals surface area contributed by atoms with Crippen molar-refractivity contribution in [3.8, 4) is 23.0 Å². The summed E-state index contributed by atoms with van der Waals surface area (Å²) in [7, 11) is 6.66. The van der Waals surface area contributed by atoms with Crippen LogP contribution in [0.4, 0.5) is 0 Å². The molecule has 0 amide bonds. The second-order valence-electron chi connectivity index (χ2n) is 7.35. The molecule has 0 saturated carbocycles. The largest absolute Gasteiger partial charge is 0.493 e. The van der Waals surface area contributed by atoms with Gasteiger partial charge in [-0.1, -0.05) is 6.07 Å². The quantitative estimate of drug-likeness (QED) is 0.541. The van der Waals surface area contributed by atoms with E-state index in [-0.39, 0.29) is 18.5 Å². The van der Waals surface area contributed by atoms with Gasteiger partial charge in [0.25, 0.3) is 0 Å². The van der Waals surface area contributed by atoms with Crippen molar-refractivity contribution in [1.82, 2.24) is 5.32 Å². The Morgan fingerprint density at radius 3 is 2.26 bits per heavy atom. The number of aryl methyl sites for hydroxylation is 1. The lowest BCUT2D eigenvalue weighted by atomic mass is 9.97. The monoisotopic (exact) mass is 451 g/mol. The van der Waals surface area contributed by atoms with E-state index in [0.717, 1.165) is 68.4 Å². The Morgan fingerprint density at radius 1 is 0.871 bits per heavy atom. The molecule has 1 unspecified atom stereocenters. The van der Waals surface area contributed by atoms with Gasteiger partial charge in [0.15, 0.2) is 23.0 Å². The van der Waals surface area contributed by atoms with Crippen LogP contribution in [-0.4, -0.2) is 48.1 Å². The molecule has 0 spiro atoms. The average molecular weight is 452 g/mol. The maximum atomic E-state index is 6.16. The van der Waals surface area contributed by atoms with Gasteiger partial charge in [-0.3, -0.25) is 0 Å². The topological polar surface area (TPSA) is 58.2 Å². The first kappa shape index (κ1) is 25.1. The van der Waals surface area contributed by atoms with Gasteiger partial charge >= 0.3 is 0 Å². The summed E-state index contributed by atoms with van der Waals surface area (Å²) in [5.74, 6) is 3.06. The van der Waals surface area contributed by atoms with Gasteiger partial charge in [-0.25, -0.2) is 0 Å². The number of rotatable bonds is 10. The minimum absolute atomic E-state index is 0. The molecule has 1 N–H and O–H groups in total. The summed E-state index contributed by atoms with van der Waals surface area (Å²) in [6.07, 6.45) is 3.92. The highest BCUT2D eigenvalue weighted by Crippen LogP contribution is 2.37. The fourth-order valence-electron chi connectivity index (χ4n) is 3.90. The van der Waals surface area contributed by atoms with E-state index in [9.17, 15) is 0 Å². The van der Waals surface area contributed by atoms with E-state index >= 15 is 0 Å². The van der Waals surface area contributed by atoms with Gasteiger partial charge in [0.1, 0.15) is 0 Å². The zero-order valence-corrected chi connectivity index (χ0v) is 19.7. The van der Waals surface area contributed by atoms with E-state index in [1.165, 1.54) is 16.7 Å². The van der Waals surface area contributed by atoms with E-state index in [1.807, 2.05) is 12.1 Å². The zero-order valence-electron chi connectivity index (χ0n) is 18.9. The maximum Gasteiger partial charge on any atom is 0.161 e. The highest BCUT2D eigenvalue weighted by molar-refractivity contribution is 5.85. The third-order valence-electron chi connectivity index (χ3n) is 5.52. The zero-order chi connectivity index (χ0) is 21.3. The number of methoxy groups -OCH3 is 4. The number of fused-ring (bicyclic) bond motifs is 1. The predicted octanol–water partition coefficient (Wildman–Crippen LogP) is 4.37. The molecule has 0 aromatic heterocycles. The van der Waals surface area contributed by atoms with Gasteiger partial charge in [-0.2, -0.15) is 0 Å². The van der Waals surface area contributed by atoms with E-state index in [4.69, 9.17) is 23.7 Å². The third-order valence-corrected chi connectivity index (χ3v) is 5.52. The van der Waals surface area contributed by atoms with E-state index in [0.29, 0.717) is 0 Å². The number of hydrogen-bond donors (Lipinski definition) is 1. The van der Waals surface area contributed by atoms with Crippen LogP contribution in [0.5, 0.6) is 23.0 Å². The number of benzene rings is 2. The molecule has 1 aliphatic heterocycles. The highest BCUT2D eigenvalue weighted by Gasteiger charge is 2.22. The fourth-order valence-corrected chi connectivity index (χ4v) is 3.90. The van der Waals surface area contributed by atoms with Crippen molar-refractivity contribution in [3.05, 3.63) is 47.0 Å². The molecular formula is C24H34ClNO5. The van der Waals surface area contributed by atoms with Crippen molar-refractivity contribution < 1.29 is 23.7 Å². The van der Waals surface area contributed by atoms with E-state index in [1.54, 1.807) is 28.4 Å². The second-order valence-corrected chi connectivity index (χ2v) is 7.35. The molecule has 0 aliphatic carbocycles. The van der Waals surface area contributed by atoms with Crippen molar-refractivity contribution in [2.75, 3.05) is 48.1 Å². The Kier molecular flexibility index (Phi) is 10.2. The van der Waals surface area contributed by atoms with Crippen LogP contribution in [-0.2, 0) is 17.6 Å². The molecule has 1 atom stereocenters. The normalized spacial score (nSPS) is 15.3. The number of nitrogens with one attached hydrogen (secondary N) is 1. The Labute approximate surface area is 191 Å². The van der Waals surface area contributed by atoms with Crippen LogP contribution in [0.2, 0.25) is 0 Å². The lowest BCUT2D eigenvalue weighted by Crippen LogP contribution is -2.21. The van der Waals surface area contributed by atoms with Crippen LogP contribution in [0.1, 0.15) is 35.6 Å². The summed E-state index contributed by atoms with van der Waals surface area (Å²) in [4.78, 5) is 0. The van der Waals surface area contributed by atoms with Crippen LogP contribution in [0, 0.1) is 0 Å². The molecule has 31 heavy (non-hydrogen) atoms. The molecule has 2 aromatic carbocycles. The molecule has 1 aliphatic rings. The van der Waals surface area contributed by atoms with Gasteiger partial charge in [0, 0.05) is 6.61 Å². The minimum Gasteiger partial charge on any atom is -0.493 e. The number of halogens is 1. The summed E-state index contributed by atoms with van der Waals surface area (Å²) in [6, 6.07) is 10.2. The van der Waals surface area contributed by atoms with Gasteiger partial charge < -0.3 is 29.0 Å². The number of hydrogen-bond acceptors (Lipinski definition) is 6. The maximum absolute atomic E-state index is 6.16. The first-order valence-electron chi connectivity index (χ1n) is 10.5. The lowest BCUT2D eigenvalue weighted by molar-refractivity contribution is 0.0506. The lowest BCUT2D eigenvalue weighted by Gasteiger charge is -2.20. The van der Waals surface area contributed by atoms with Crippen molar-refractivity contribution in [2.45, 2.75) is 31.8 Å². The van der Waals surface area contributed by atoms with Crippen LogP contribution in [0.15, 0.2) is 30.3 Å². The summed E-state index contributed by atoms with van der Waals surface area (Å²) in [6.45, 7) is 2.54. The molecule has 6 nitrogen and oxygen atoms in total. The summed E-state index contributed by atoms with van der Waals surface area (Å²) in [5.41, 5.74) is 3.72. The van der Waals surface area contributed by atoms with Gasteiger partial charge in [0.2, 0.25) is 0 Å². The SMILES string of the molecule is COc1ccc(CCNCCC2OCCCc3cc(OC)c(OC)cc32)cc1OC.Cl. The number of ether oxygens (including phenoxy) is 5. The molecule has 0 saturated heterocycles. The summed E-state index contributed by atoms with van der Waals surface area (Å²) >= 11 is 0. The van der Waals surface area contributed by atoms with Crippen LogP contribution in [0.25, 0.3) is 0 Å². The fraction of sp³-hybridized carbons (Fsp3) is 0.500. The molecule has 7 heteroatoms. The minimum atomic E-state index is 0. The Hall–Kier alpha value is -2.15. The predicted molar refractivity (Wildman–Crippen MR) is 125 cm³/mol. The van der Waals surface area contributed by atoms with Crippen molar-refractivity contribution in [3.63, 3.8) is 0 Å². The molecule has 0 radical (unpaired) electrons.